The van der Waals surface area contributed by atoms with E-state index in [9.17, 15) is 9.59 Å². The van der Waals surface area contributed by atoms with Crippen molar-refractivity contribution in [2.45, 2.75) is 26.7 Å². The van der Waals surface area contributed by atoms with Gasteiger partial charge in [0.2, 0.25) is 0 Å². The molecule has 5 nitrogen and oxygen atoms in total. The highest BCUT2D eigenvalue weighted by Crippen LogP contribution is 2.26. The molecule has 0 amide bonds. The molecular formula is C15H15BrN2O3. The van der Waals surface area contributed by atoms with E-state index >= 15 is 0 Å². The fourth-order valence-electron chi connectivity index (χ4n) is 2.08. The summed E-state index contributed by atoms with van der Waals surface area (Å²) < 4.78 is 0.850. The minimum atomic E-state index is -0.931. The zero-order chi connectivity index (χ0) is 15.6. The van der Waals surface area contributed by atoms with Gasteiger partial charge < -0.3 is 10.1 Å². The van der Waals surface area contributed by atoms with Gasteiger partial charge in [0.1, 0.15) is 5.82 Å². The van der Waals surface area contributed by atoms with Crippen LogP contribution in [0.25, 0.3) is 11.4 Å². The van der Waals surface area contributed by atoms with E-state index in [1.807, 2.05) is 25.1 Å². The summed E-state index contributed by atoms with van der Waals surface area (Å²) in [5.74, 6) is -0.456. The van der Waals surface area contributed by atoms with Crippen LogP contribution in [0, 0.1) is 13.8 Å². The van der Waals surface area contributed by atoms with Gasteiger partial charge in [-0.15, -0.1) is 0 Å². The molecule has 2 rings (SSSR count). The predicted octanol–water partition coefficient (Wildman–Crippen LogP) is 2.83. The Hall–Kier alpha value is -1.95. The van der Waals surface area contributed by atoms with E-state index < -0.39 is 5.97 Å². The highest BCUT2D eigenvalue weighted by molar-refractivity contribution is 9.10. The third-order valence-electron chi connectivity index (χ3n) is 3.19. The average molecular weight is 351 g/mol. The van der Waals surface area contributed by atoms with Gasteiger partial charge in [0.05, 0.1) is 0 Å². The van der Waals surface area contributed by atoms with Gasteiger partial charge in [0.15, 0.2) is 0 Å². The fraction of sp³-hybridized carbons (Fsp3) is 0.267. The summed E-state index contributed by atoms with van der Waals surface area (Å²) in [7, 11) is 0. The highest BCUT2D eigenvalue weighted by Gasteiger charge is 2.12. The Morgan fingerprint density at radius 1 is 1.38 bits per heavy atom. The molecule has 0 atom stereocenters. The molecule has 0 saturated carbocycles. The first-order chi connectivity index (χ1) is 9.88. The quantitative estimate of drug-likeness (QED) is 0.887. The molecule has 1 aromatic heterocycles. The Kier molecular flexibility index (Phi) is 4.57. The molecule has 0 radical (unpaired) electrons. The normalized spacial score (nSPS) is 10.6. The third-order valence-corrected chi connectivity index (χ3v) is 3.85. The molecule has 2 N–H and O–H groups in total. The fourth-order valence-corrected chi connectivity index (χ4v) is 2.76. The second-order valence-electron chi connectivity index (χ2n) is 4.86. The number of hydrogen-bond donors (Lipinski definition) is 2. The van der Waals surface area contributed by atoms with Gasteiger partial charge in [-0.25, -0.2) is 4.98 Å². The lowest BCUT2D eigenvalue weighted by Gasteiger charge is -2.08. The minimum Gasteiger partial charge on any atom is -0.481 e. The van der Waals surface area contributed by atoms with Crippen LogP contribution in [0.2, 0.25) is 0 Å². The van der Waals surface area contributed by atoms with Crippen molar-refractivity contribution in [2.75, 3.05) is 0 Å². The summed E-state index contributed by atoms with van der Waals surface area (Å²) in [6.45, 7) is 3.70. The maximum absolute atomic E-state index is 12.1. The predicted molar refractivity (Wildman–Crippen MR) is 83.4 cm³/mol. The van der Waals surface area contributed by atoms with Crippen LogP contribution >= 0.6 is 15.9 Å². The maximum atomic E-state index is 12.1. The number of benzene rings is 1. The van der Waals surface area contributed by atoms with Gasteiger partial charge in [0, 0.05) is 27.7 Å². The van der Waals surface area contributed by atoms with Crippen molar-refractivity contribution in [1.82, 2.24) is 9.97 Å². The van der Waals surface area contributed by atoms with Crippen molar-refractivity contribution in [3.05, 3.63) is 49.8 Å². The van der Waals surface area contributed by atoms with E-state index in [2.05, 4.69) is 25.9 Å². The van der Waals surface area contributed by atoms with Crippen LogP contribution in [0.5, 0.6) is 0 Å². The smallest absolute Gasteiger partial charge is 0.303 e. The molecule has 0 aliphatic rings. The number of carboxylic acid groups (broad SMARTS) is 1. The van der Waals surface area contributed by atoms with E-state index in [-0.39, 0.29) is 18.4 Å². The maximum Gasteiger partial charge on any atom is 0.303 e. The molecule has 0 aliphatic heterocycles. The molecule has 1 heterocycles. The first-order valence-electron chi connectivity index (χ1n) is 6.46. The van der Waals surface area contributed by atoms with Crippen LogP contribution in [-0.2, 0) is 11.2 Å². The van der Waals surface area contributed by atoms with Crippen LogP contribution in [0.15, 0.2) is 27.5 Å². The average Bonchev–Trinajstić information content (AvgIpc) is 2.37. The third kappa shape index (κ3) is 3.58. The SMILES string of the molecule is Cc1ccc(-c2nc(C)c(CCC(=O)O)c(=O)[nH]2)c(Br)c1. The summed E-state index contributed by atoms with van der Waals surface area (Å²) in [6.07, 6.45) is 0.0953. The van der Waals surface area contributed by atoms with Crippen molar-refractivity contribution >= 4 is 21.9 Å². The molecule has 6 heteroatoms. The number of aromatic nitrogens is 2. The molecule has 1 aromatic carbocycles. The summed E-state index contributed by atoms with van der Waals surface area (Å²) in [6, 6.07) is 5.77. The Bertz CT molecular complexity index is 753. The molecule has 0 saturated heterocycles. The highest BCUT2D eigenvalue weighted by atomic mass is 79.9. The lowest BCUT2D eigenvalue weighted by Crippen LogP contribution is -2.18. The Morgan fingerprint density at radius 3 is 2.67 bits per heavy atom. The zero-order valence-corrected chi connectivity index (χ0v) is 13.3. The van der Waals surface area contributed by atoms with Gasteiger partial charge in [0.25, 0.3) is 5.56 Å². The number of aromatic amines is 1. The molecule has 0 fully saturated rings. The molecule has 21 heavy (non-hydrogen) atoms. The molecule has 0 unspecified atom stereocenters. The number of nitrogens with one attached hydrogen (secondary N) is 1. The summed E-state index contributed by atoms with van der Waals surface area (Å²) in [5, 5.41) is 8.71. The zero-order valence-electron chi connectivity index (χ0n) is 11.7. The monoisotopic (exact) mass is 350 g/mol. The number of carbonyl (C=O) groups is 1. The van der Waals surface area contributed by atoms with Crippen molar-refractivity contribution in [2.24, 2.45) is 0 Å². The van der Waals surface area contributed by atoms with Crippen LogP contribution in [0.4, 0.5) is 0 Å². The second kappa shape index (κ2) is 6.22. The number of hydrogen-bond acceptors (Lipinski definition) is 3. The van der Waals surface area contributed by atoms with Crippen LogP contribution < -0.4 is 5.56 Å². The Balaban J connectivity index is 2.44. The first-order valence-corrected chi connectivity index (χ1v) is 7.26. The second-order valence-corrected chi connectivity index (χ2v) is 5.71. The molecule has 0 bridgehead atoms. The first kappa shape index (κ1) is 15.4. The van der Waals surface area contributed by atoms with Gasteiger partial charge in [-0.1, -0.05) is 22.0 Å². The number of nitrogens with zero attached hydrogens (tertiary/aromatic N) is 1. The molecule has 0 spiro atoms. The van der Waals surface area contributed by atoms with Crippen molar-refractivity contribution in [1.29, 1.82) is 0 Å². The van der Waals surface area contributed by atoms with E-state index in [0.29, 0.717) is 17.1 Å². The number of halogens is 1. The number of aliphatic carboxylic acids is 1. The van der Waals surface area contributed by atoms with E-state index in [1.165, 1.54) is 0 Å². The Morgan fingerprint density at radius 2 is 2.10 bits per heavy atom. The largest absolute Gasteiger partial charge is 0.481 e. The van der Waals surface area contributed by atoms with Crippen LogP contribution in [0.3, 0.4) is 0 Å². The summed E-state index contributed by atoms with van der Waals surface area (Å²) in [4.78, 5) is 29.9. The number of carboxylic acids is 1. The van der Waals surface area contributed by atoms with Gasteiger partial charge in [-0.05, 0) is 38.0 Å². The lowest BCUT2D eigenvalue weighted by molar-refractivity contribution is -0.136. The van der Waals surface area contributed by atoms with E-state index in [4.69, 9.17) is 5.11 Å². The molecule has 2 aromatic rings. The topological polar surface area (TPSA) is 83.0 Å². The number of aryl methyl sites for hydroxylation is 2. The van der Waals surface area contributed by atoms with Crippen molar-refractivity contribution < 1.29 is 9.90 Å². The number of H-pyrrole nitrogens is 1. The molecule has 0 aliphatic carbocycles. The van der Waals surface area contributed by atoms with Crippen molar-refractivity contribution in [3.63, 3.8) is 0 Å². The van der Waals surface area contributed by atoms with Crippen LogP contribution in [0.1, 0.15) is 23.2 Å². The Labute approximate surface area is 130 Å². The van der Waals surface area contributed by atoms with Gasteiger partial charge in [-0.3, -0.25) is 9.59 Å². The standard InChI is InChI=1S/C15H15BrN2O3/c1-8-3-4-11(12(16)7-8)14-17-9(2)10(15(21)18-14)5-6-13(19)20/h3-4,7H,5-6H2,1-2H3,(H,19,20)(H,17,18,21). The van der Waals surface area contributed by atoms with E-state index in [1.54, 1.807) is 6.92 Å². The number of rotatable bonds is 4. The van der Waals surface area contributed by atoms with Crippen LogP contribution in [-0.4, -0.2) is 21.0 Å². The summed E-state index contributed by atoms with van der Waals surface area (Å²) in [5.41, 5.74) is 2.59. The molecule has 110 valence electrons. The lowest BCUT2D eigenvalue weighted by atomic mass is 10.1. The van der Waals surface area contributed by atoms with Crippen molar-refractivity contribution in [3.8, 4) is 11.4 Å². The van der Waals surface area contributed by atoms with Gasteiger partial charge in [-0.2, -0.15) is 0 Å². The van der Waals surface area contributed by atoms with E-state index in [0.717, 1.165) is 15.6 Å². The minimum absolute atomic E-state index is 0.0842. The van der Waals surface area contributed by atoms with Gasteiger partial charge >= 0.3 is 5.97 Å². The summed E-state index contributed by atoms with van der Waals surface area (Å²) >= 11 is 3.46. The molecular weight excluding hydrogens is 336 g/mol.